The molecule has 8 nitrogen and oxygen atoms in total. The zero-order valence-corrected chi connectivity index (χ0v) is 22.2. The number of rotatable bonds is 4. The molecular weight excluding hydrogens is 450 g/mol. The Bertz CT molecular complexity index is 1500. The molecule has 8 heteroatoms. The second kappa shape index (κ2) is 8.55. The van der Waals surface area contributed by atoms with Gasteiger partial charge in [-0.3, -0.25) is 4.79 Å². The number of nitrogens with one attached hydrogen (secondary N) is 2. The van der Waals surface area contributed by atoms with E-state index in [1.54, 1.807) is 10.9 Å². The zero-order chi connectivity index (χ0) is 25.8. The third-order valence-electron chi connectivity index (χ3n) is 6.83. The second-order valence-corrected chi connectivity index (χ2v) is 11.4. The summed E-state index contributed by atoms with van der Waals surface area (Å²) in [6.45, 7) is 15.7. The van der Waals surface area contributed by atoms with Gasteiger partial charge >= 0.3 is 0 Å². The van der Waals surface area contributed by atoms with Crippen molar-refractivity contribution in [1.82, 2.24) is 29.6 Å². The summed E-state index contributed by atoms with van der Waals surface area (Å²) < 4.78 is 3.53. The van der Waals surface area contributed by atoms with Crippen molar-refractivity contribution in [2.45, 2.75) is 71.9 Å². The average molecular weight is 486 g/mol. The molecule has 5 rings (SSSR count). The number of hydrogen-bond donors (Lipinski definition) is 2. The van der Waals surface area contributed by atoms with Crippen LogP contribution in [0.4, 0.5) is 11.6 Å². The molecule has 0 saturated heterocycles. The van der Waals surface area contributed by atoms with E-state index in [2.05, 4.69) is 68.4 Å². The van der Waals surface area contributed by atoms with Crippen LogP contribution in [0.15, 0.2) is 47.4 Å². The summed E-state index contributed by atoms with van der Waals surface area (Å²) in [4.78, 5) is 27.6. The molecule has 1 aromatic carbocycles. The van der Waals surface area contributed by atoms with E-state index in [1.165, 1.54) is 11.1 Å². The summed E-state index contributed by atoms with van der Waals surface area (Å²) in [6, 6.07) is 12.2. The second-order valence-electron chi connectivity index (χ2n) is 11.4. The first-order chi connectivity index (χ1) is 17.0. The predicted molar refractivity (Wildman–Crippen MR) is 144 cm³/mol. The highest BCUT2D eigenvalue weighted by Crippen LogP contribution is 2.31. The Morgan fingerprint density at radius 2 is 1.89 bits per heavy atom. The molecule has 4 aromatic rings. The molecule has 1 aliphatic heterocycles. The van der Waals surface area contributed by atoms with Crippen molar-refractivity contribution >= 4 is 22.7 Å². The third kappa shape index (κ3) is 4.19. The van der Waals surface area contributed by atoms with E-state index in [9.17, 15) is 4.79 Å². The van der Waals surface area contributed by atoms with E-state index in [4.69, 9.17) is 9.97 Å². The maximum absolute atomic E-state index is 13.3. The number of hydrogen-bond acceptors (Lipinski definition) is 6. The molecule has 0 saturated carbocycles. The molecule has 3 aromatic heterocycles. The molecular formula is C28H35N7O. The normalized spacial score (nSPS) is 15.3. The highest BCUT2D eigenvalue weighted by Gasteiger charge is 2.27. The first kappa shape index (κ1) is 24.2. The van der Waals surface area contributed by atoms with Crippen LogP contribution in [0, 0.1) is 0 Å². The minimum Gasteiger partial charge on any atom is -0.324 e. The summed E-state index contributed by atoms with van der Waals surface area (Å²) >= 11 is 0. The van der Waals surface area contributed by atoms with Crippen LogP contribution >= 0.6 is 0 Å². The van der Waals surface area contributed by atoms with Gasteiger partial charge in [0.2, 0.25) is 5.95 Å². The van der Waals surface area contributed by atoms with Crippen LogP contribution in [0.5, 0.6) is 0 Å². The molecule has 4 heterocycles. The van der Waals surface area contributed by atoms with Gasteiger partial charge in [0.1, 0.15) is 5.39 Å². The van der Waals surface area contributed by atoms with Gasteiger partial charge in [-0.1, -0.05) is 32.9 Å². The Morgan fingerprint density at radius 3 is 2.61 bits per heavy atom. The van der Waals surface area contributed by atoms with Crippen molar-refractivity contribution < 1.29 is 0 Å². The maximum atomic E-state index is 13.3. The van der Waals surface area contributed by atoms with E-state index < -0.39 is 0 Å². The van der Waals surface area contributed by atoms with Gasteiger partial charge in [0.25, 0.3) is 5.56 Å². The summed E-state index contributed by atoms with van der Waals surface area (Å²) in [7, 11) is 0. The summed E-state index contributed by atoms with van der Waals surface area (Å²) in [5.74, 6) is 1.11. The van der Waals surface area contributed by atoms with Crippen LogP contribution in [-0.4, -0.2) is 30.9 Å². The average Bonchev–Trinajstić information content (AvgIpc) is 3.10. The molecule has 0 fully saturated rings. The molecule has 0 spiro atoms. The fraction of sp³-hybridized carbons (Fsp3) is 0.429. The monoisotopic (exact) mass is 485 g/mol. The van der Waals surface area contributed by atoms with Gasteiger partial charge in [0.15, 0.2) is 11.5 Å². The number of anilines is 2. The van der Waals surface area contributed by atoms with E-state index in [1.807, 2.05) is 36.7 Å². The Labute approximate surface area is 211 Å². The van der Waals surface area contributed by atoms with E-state index >= 15 is 0 Å². The van der Waals surface area contributed by atoms with Crippen LogP contribution in [-0.2, 0) is 17.4 Å². The first-order valence-electron chi connectivity index (χ1n) is 12.6. The molecule has 0 atom stereocenters. The van der Waals surface area contributed by atoms with Crippen molar-refractivity contribution in [3.05, 3.63) is 69.8 Å². The largest absolute Gasteiger partial charge is 0.324 e. The molecule has 188 valence electrons. The van der Waals surface area contributed by atoms with Crippen molar-refractivity contribution in [1.29, 1.82) is 0 Å². The first-order valence-corrected chi connectivity index (χ1v) is 12.6. The number of benzene rings is 1. The zero-order valence-electron chi connectivity index (χ0n) is 22.2. The Balaban J connectivity index is 1.61. The van der Waals surface area contributed by atoms with Gasteiger partial charge in [-0.15, -0.1) is 0 Å². The van der Waals surface area contributed by atoms with Crippen LogP contribution < -0.4 is 16.2 Å². The minimum atomic E-state index is -0.127. The van der Waals surface area contributed by atoms with E-state index in [0.717, 1.165) is 24.3 Å². The van der Waals surface area contributed by atoms with Crippen molar-refractivity contribution in [3.63, 3.8) is 0 Å². The molecule has 0 radical (unpaired) electrons. The van der Waals surface area contributed by atoms with Gasteiger partial charge in [-0.05, 0) is 76.1 Å². The van der Waals surface area contributed by atoms with Crippen molar-refractivity contribution in [2.24, 2.45) is 0 Å². The molecule has 36 heavy (non-hydrogen) atoms. The standard InChI is InChI=1S/C28H35N7O/c1-17(2)34-25(36)20-16-29-26(31-19-11-12-21-18(15-19)13-14-30-28(21,6)7)33-24(20)35(34)23-10-8-9-22(32-23)27(3,4)5/h8-12,15-17,30H,13-14H2,1-7H3,(H,29,31,33). The number of pyridine rings is 1. The minimum absolute atomic E-state index is 0.0497. The van der Waals surface area contributed by atoms with Crippen LogP contribution in [0.3, 0.4) is 0 Å². The fourth-order valence-electron chi connectivity index (χ4n) is 4.93. The van der Waals surface area contributed by atoms with E-state index in [-0.39, 0.29) is 22.6 Å². The smallest absolute Gasteiger partial charge is 0.278 e. The topological polar surface area (TPSA) is 89.7 Å². The number of nitrogens with zero attached hydrogens (tertiary/aromatic N) is 5. The molecule has 1 aliphatic rings. The number of fused-ring (bicyclic) bond motifs is 2. The lowest BCUT2D eigenvalue weighted by Crippen LogP contribution is -2.42. The summed E-state index contributed by atoms with van der Waals surface area (Å²) in [5.41, 5.74) is 4.73. The van der Waals surface area contributed by atoms with Crippen LogP contribution in [0.25, 0.3) is 16.9 Å². The lowest BCUT2D eigenvalue weighted by atomic mass is 9.85. The lowest BCUT2D eigenvalue weighted by Gasteiger charge is -2.34. The van der Waals surface area contributed by atoms with Crippen LogP contribution in [0.2, 0.25) is 0 Å². The van der Waals surface area contributed by atoms with Gasteiger partial charge in [-0.2, -0.15) is 4.98 Å². The maximum Gasteiger partial charge on any atom is 0.278 e. The molecule has 2 N–H and O–H groups in total. The Hall–Kier alpha value is -3.52. The van der Waals surface area contributed by atoms with Gasteiger partial charge in [0.05, 0.1) is 0 Å². The third-order valence-corrected chi connectivity index (χ3v) is 6.83. The predicted octanol–water partition coefficient (Wildman–Crippen LogP) is 4.98. The molecule has 0 unspecified atom stereocenters. The van der Waals surface area contributed by atoms with Gasteiger partial charge in [-0.25, -0.2) is 19.3 Å². The molecule has 0 bridgehead atoms. The van der Waals surface area contributed by atoms with Crippen LogP contribution in [0.1, 0.15) is 71.3 Å². The highest BCUT2D eigenvalue weighted by atomic mass is 16.1. The SMILES string of the molecule is CC(C)n1c(=O)c2cnc(Nc3ccc4c(c3)CCNC4(C)C)nc2n1-c1cccc(C(C)(C)C)n1. The van der Waals surface area contributed by atoms with Crippen molar-refractivity contribution in [3.8, 4) is 5.82 Å². The molecule has 0 aliphatic carbocycles. The van der Waals surface area contributed by atoms with Gasteiger partial charge < -0.3 is 10.6 Å². The van der Waals surface area contributed by atoms with Crippen molar-refractivity contribution in [2.75, 3.05) is 11.9 Å². The molecule has 0 amide bonds. The van der Waals surface area contributed by atoms with Gasteiger partial charge in [0, 0.05) is 34.6 Å². The quantitative estimate of drug-likeness (QED) is 0.424. The fourth-order valence-corrected chi connectivity index (χ4v) is 4.93. The summed E-state index contributed by atoms with van der Waals surface area (Å²) in [6.07, 6.45) is 2.59. The van der Waals surface area contributed by atoms with E-state index in [0.29, 0.717) is 22.8 Å². The Morgan fingerprint density at radius 1 is 1.11 bits per heavy atom. The summed E-state index contributed by atoms with van der Waals surface area (Å²) in [5, 5.41) is 7.40. The lowest BCUT2D eigenvalue weighted by molar-refractivity contribution is 0.382. The number of aromatic nitrogens is 5. The Kier molecular flexibility index (Phi) is 5.75. The highest BCUT2D eigenvalue weighted by molar-refractivity contribution is 5.77.